The lowest BCUT2D eigenvalue weighted by Crippen LogP contribution is -2.68. The average molecular weight is 526 g/mol. The molecule has 12 heteroatoms. The van der Waals surface area contributed by atoms with E-state index in [0.29, 0.717) is 46.8 Å². The molecular formula is C27H27N9O3. The van der Waals surface area contributed by atoms with Crippen LogP contribution in [0.3, 0.4) is 0 Å². The van der Waals surface area contributed by atoms with Gasteiger partial charge in [-0.15, -0.1) is 0 Å². The molecule has 3 fully saturated rings. The van der Waals surface area contributed by atoms with Crippen LogP contribution in [0.2, 0.25) is 0 Å². The highest BCUT2D eigenvalue weighted by Gasteiger charge is 2.44. The number of fused-ring (bicyclic) bond motifs is 3. The van der Waals surface area contributed by atoms with Gasteiger partial charge in [0.05, 0.1) is 48.7 Å². The number of pyridine rings is 2. The van der Waals surface area contributed by atoms with Crippen LogP contribution in [0.15, 0.2) is 49.2 Å². The average Bonchev–Trinajstić information content (AvgIpc) is 3.39. The minimum absolute atomic E-state index is 0.283. The maximum atomic E-state index is 12.0. The topological polar surface area (TPSA) is 134 Å². The number of amides is 1. The van der Waals surface area contributed by atoms with E-state index in [1.54, 1.807) is 31.8 Å². The first kappa shape index (κ1) is 24.6. The minimum Gasteiger partial charge on any atom is -0.481 e. The van der Waals surface area contributed by atoms with Gasteiger partial charge in [-0.2, -0.15) is 10.4 Å². The third-order valence-electron chi connectivity index (χ3n) is 7.19. The lowest BCUT2D eigenvalue weighted by Gasteiger charge is -2.56. The Balaban J connectivity index is 1.19. The molecule has 7 rings (SSSR count). The van der Waals surface area contributed by atoms with Crippen molar-refractivity contribution in [1.82, 2.24) is 34.8 Å². The summed E-state index contributed by atoms with van der Waals surface area (Å²) in [5.74, 6) is 1.71. The highest BCUT2D eigenvalue weighted by molar-refractivity contribution is 5.84. The van der Waals surface area contributed by atoms with Crippen LogP contribution in [0.5, 0.6) is 11.6 Å². The quantitative estimate of drug-likeness (QED) is 0.384. The molecule has 4 aromatic heterocycles. The Hall–Kier alpha value is -4.76. The zero-order chi connectivity index (χ0) is 26.9. The number of hydrogen-bond acceptors (Lipinski definition) is 10. The summed E-state index contributed by atoms with van der Waals surface area (Å²) in [6.45, 7) is 4.85. The van der Waals surface area contributed by atoms with Gasteiger partial charge >= 0.3 is 6.09 Å². The Kier molecular flexibility index (Phi) is 6.42. The summed E-state index contributed by atoms with van der Waals surface area (Å²) in [6, 6.07) is 8.69. The monoisotopic (exact) mass is 525 g/mol. The Morgan fingerprint density at radius 3 is 2.67 bits per heavy atom. The Bertz CT molecular complexity index is 1530. The van der Waals surface area contributed by atoms with Crippen molar-refractivity contribution in [2.45, 2.75) is 32.0 Å². The van der Waals surface area contributed by atoms with E-state index in [4.69, 9.17) is 14.5 Å². The number of piperidine rings is 1. The molecule has 39 heavy (non-hydrogen) atoms. The summed E-state index contributed by atoms with van der Waals surface area (Å²) >= 11 is 0. The number of nitrogens with one attached hydrogen (secondary N) is 1. The van der Waals surface area contributed by atoms with Crippen LogP contribution in [0.1, 0.15) is 24.5 Å². The first-order valence-electron chi connectivity index (χ1n) is 12.8. The van der Waals surface area contributed by atoms with Gasteiger partial charge in [-0.3, -0.25) is 9.88 Å². The van der Waals surface area contributed by atoms with E-state index in [0.717, 1.165) is 25.5 Å². The summed E-state index contributed by atoms with van der Waals surface area (Å²) in [7, 11) is 1.62. The largest absolute Gasteiger partial charge is 0.481 e. The second-order valence-corrected chi connectivity index (χ2v) is 9.56. The normalized spacial score (nSPS) is 18.3. The van der Waals surface area contributed by atoms with E-state index in [1.165, 1.54) is 22.7 Å². The highest BCUT2D eigenvalue weighted by atomic mass is 16.6. The number of anilines is 1. The molecule has 0 spiro atoms. The maximum absolute atomic E-state index is 12.0. The second kappa shape index (κ2) is 10.2. The van der Waals surface area contributed by atoms with Gasteiger partial charge in [-0.05, 0) is 25.0 Å². The fourth-order valence-electron chi connectivity index (χ4n) is 5.31. The van der Waals surface area contributed by atoms with Crippen LogP contribution in [-0.2, 0) is 6.54 Å². The molecule has 4 aromatic rings. The molecule has 3 aliphatic rings. The van der Waals surface area contributed by atoms with Crippen molar-refractivity contribution in [2.75, 3.05) is 31.6 Å². The smallest absolute Gasteiger partial charge is 0.412 e. The zero-order valence-electron chi connectivity index (χ0n) is 21.6. The molecule has 12 nitrogen and oxygen atoms in total. The SMILES string of the molecule is CCNC(=O)Oc1cc(-c2cnc(N3CC4CC(C3)N4Cc3ccc(OC)nc3)cn2)c2c(C#N)cnn2c1. The molecule has 0 radical (unpaired) electrons. The van der Waals surface area contributed by atoms with Crippen molar-refractivity contribution >= 4 is 17.4 Å². The van der Waals surface area contributed by atoms with Gasteiger partial charge < -0.3 is 19.7 Å². The number of piperazine rings is 1. The number of nitriles is 1. The summed E-state index contributed by atoms with van der Waals surface area (Å²) in [4.78, 5) is 30.5. The molecule has 1 N–H and O–H groups in total. The van der Waals surface area contributed by atoms with E-state index in [-0.39, 0.29) is 5.75 Å². The van der Waals surface area contributed by atoms with Gasteiger partial charge in [0, 0.05) is 56.1 Å². The van der Waals surface area contributed by atoms with Crippen molar-refractivity contribution in [2.24, 2.45) is 0 Å². The van der Waals surface area contributed by atoms with Crippen molar-refractivity contribution in [3.63, 3.8) is 0 Å². The number of aromatic nitrogens is 5. The Morgan fingerprint density at radius 2 is 2.00 bits per heavy atom. The van der Waals surface area contributed by atoms with Crippen molar-refractivity contribution < 1.29 is 14.3 Å². The predicted molar refractivity (Wildman–Crippen MR) is 141 cm³/mol. The summed E-state index contributed by atoms with van der Waals surface area (Å²) < 4.78 is 12.1. The molecule has 3 aliphatic heterocycles. The number of methoxy groups -OCH3 is 1. The van der Waals surface area contributed by atoms with Gasteiger partial charge in [0.2, 0.25) is 5.88 Å². The van der Waals surface area contributed by atoms with Gasteiger partial charge in [0.25, 0.3) is 0 Å². The number of carbonyl (C=O) groups excluding carboxylic acids is 1. The Morgan fingerprint density at radius 1 is 1.15 bits per heavy atom. The first-order valence-corrected chi connectivity index (χ1v) is 12.8. The molecule has 2 unspecified atom stereocenters. The standard InChI is InChI=1S/C27H27N9O3/c1-3-29-27(37)39-21-7-22(26-18(8-28)10-33-36(26)16-21)23-11-31-24(12-30-23)34-14-19-6-20(15-34)35(19)13-17-4-5-25(38-2)32-9-17/h4-5,7,9-12,16,19-20H,3,6,13-15H2,1-2H3,(H,29,37). The molecule has 0 aliphatic carbocycles. The molecule has 7 heterocycles. The zero-order valence-corrected chi connectivity index (χ0v) is 21.6. The van der Waals surface area contributed by atoms with E-state index in [2.05, 4.69) is 42.3 Å². The maximum Gasteiger partial charge on any atom is 0.412 e. The van der Waals surface area contributed by atoms with Crippen LogP contribution >= 0.6 is 0 Å². The third kappa shape index (κ3) is 4.68. The summed E-state index contributed by atoms with van der Waals surface area (Å²) in [6.07, 6.45) is 8.96. The van der Waals surface area contributed by atoms with Crippen molar-refractivity contribution in [3.05, 3.63) is 60.3 Å². The molecular weight excluding hydrogens is 498 g/mol. The van der Waals surface area contributed by atoms with Crippen molar-refractivity contribution in [1.29, 1.82) is 5.26 Å². The van der Waals surface area contributed by atoms with E-state index in [1.807, 2.05) is 19.2 Å². The first-order chi connectivity index (χ1) is 19.1. The van der Waals surface area contributed by atoms with Gasteiger partial charge in [0.15, 0.2) is 5.75 Å². The van der Waals surface area contributed by atoms with Gasteiger partial charge in [-0.25, -0.2) is 19.3 Å². The molecule has 2 atom stereocenters. The van der Waals surface area contributed by atoms with Crippen LogP contribution in [0, 0.1) is 11.3 Å². The number of nitrogens with zero attached hydrogens (tertiary/aromatic N) is 8. The minimum atomic E-state index is -0.571. The highest BCUT2D eigenvalue weighted by Crippen LogP contribution is 2.36. The predicted octanol–water partition coefficient (Wildman–Crippen LogP) is 2.64. The van der Waals surface area contributed by atoms with E-state index < -0.39 is 6.09 Å². The second-order valence-electron chi connectivity index (χ2n) is 9.56. The number of carbonyl (C=O) groups is 1. The summed E-state index contributed by atoms with van der Waals surface area (Å²) in [5, 5.41) is 16.5. The molecule has 1 amide bonds. The Labute approximate surface area is 224 Å². The van der Waals surface area contributed by atoms with E-state index >= 15 is 0 Å². The van der Waals surface area contributed by atoms with Crippen LogP contribution in [0.4, 0.5) is 10.6 Å². The third-order valence-corrected chi connectivity index (χ3v) is 7.19. The molecule has 2 bridgehead atoms. The molecule has 198 valence electrons. The molecule has 0 aromatic carbocycles. The van der Waals surface area contributed by atoms with Gasteiger partial charge in [0.1, 0.15) is 11.9 Å². The number of rotatable bonds is 7. The fraction of sp³-hybridized carbons (Fsp3) is 0.333. The molecule has 0 saturated carbocycles. The number of ether oxygens (including phenoxy) is 2. The van der Waals surface area contributed by atoms with Crippen molar-refractivity contribution in [3.8, 4) is 29.0 Å². The van der Waals surface area contributed by atoms with Crippen LogP contribution in [0.25, 0.3) is 16.8 Å². The fourth-order valence-corrected chi connectivity index (χ4v) is 5.31. The summed E-state index contributed by atoms with van der Waals surface area (Å²) in [5.41, 5.74) is 3.29. The van der Waals surface area contributed by atoms with Gasteiger partial charge in [-0.1, -0.05) is 6.07 Å². The lowest BCUT2D eigenvalue weighted by atomic mass is 9.87. The van der Waals surface area contributed by atoms with E-state index in [9.17, 15) is 10.1 Å². The lowest BCUT2D eigenvalue weighted by molar-refractivity contribution is -0.00879. The van der Waals surface area contributed by atoms with Crippen LogP contribution < -0.4 is 19.7 Å². The number of hydrogen-bond donors (Lipinski definition) is 1. The molecule has 3 saturated heterocycles. The van der Waals surface area contributed by atoms with Crippen LogP contribution in [-0.4, -0.2) is 74.4 Å².